The number of anilines is 1. The third kappa shape index (κ3) is 3.58. The summed E-state index contributed by atoms with van der Waals surface area (Å²) in [5, 5.41) is 14.5. The van der Waals surface area contributed by atoms with Gasteiger partial charge in [-0.25, -0.2) is 0 Å². The number of phenols is 1. The van der Waals surface area contributed by atoms with E-state index in [1.54, 1.807) is 50.2 Å². The second-order valence-corrected chi connectivity index (χ2v) is 8.75. The van der Waals surface area contributed by atoms with Crippen LogP contribution in [0.5, 0.6) is 11.5 Å². The molecule has 164 valence electrons. The molecule has 1 aromatic heterocycles. The molecule has 2 unspecified atom stereocenters. The quantitative estimate of drug-likeness (QED) is 0.438. The number of ketones is 2. The zero-order valence-electron chi connectivity index (χ0n) is 17.9. The summed E-state index contributed by atoms with van der Waals surface area (Å²) in [5.74, 6) is -2.95. The second-order valence-electron chi connectivity index (χ2n) is 7.97. The van der Waals surface area contributed by atoms with Crippen LogP contribution in [0.25, 0.3) is 11.1 Å². The number of Topliss-reactive ketones (excluding diaryl/α,β-unsaturated/α-hetero) is 2. The van der Waals surface area contributed by atoms with Crippen LogP contribution in [-0.2, 0) is 14.4 Å². The number of carbonyl (C=O) groups excluding carboxylic acids is 3. The number of phenolic OH excluding ortho intramolecular Hbond substituents is 1. The average molecular weight is 450 g/mol. The van der Waals surface area contributed by atoms with Crippen molar-refractivity contribution in [2.24, 2.45) is 11.8 Å². The maximum Gasteiger partial charge on any atom is 0.295 e. The van der Waals surface area contributed by atoms with Crippen molar-refractivity contribution in [3.63, 3.8) is 0 Å². The lowest BCUT2D eigenvalue weighted by atomic mass is 9.84. The number of thiophene rings is 1. The number of amides is 1. The monoisotopic (exact) mass is 449 g/mol. The van der Waals surface area contributed by atoms with E-state index >= 15 is 0 Å². The minimum Gasteiger partial charge on any atom is -0.507 e. The SMILES string of the molecule is COc1ccccc1C1C(C(=O)C(C)C)C(=O)C(=O)N1c1ccc(-c2ccsc2)c(O)c1. The molecule has 1 N–H and O–H groups in total. The Balaban J connectivity index is 1.87. The Bertz CT molecular complexity index is 1180. The third-order valence-corrected chi connectivity index (χ3v) is 6.41. The topological polar surface area (TPSA) is 83.9 Å². The fraction of sp³-hybridized carbons (Fsp3) is 0.240. The number of benzene rings is 2. The van der Waals surface area contributed by atoms with E-state index in [-0.39, 0.29) is 11.5 Å². The number of hydrogen-bond donors (Lipinski definition) is 1. The zero-order chi connectivity index (χ0) is 23.0. The molecule has 0 bridgehead atoms. The molecule has 0 radical (unpaired) electrons. The molecule has 0 saturated carbocycles. The van der Waals surface area contributed by atoms with Crippen molar-refractivity contribution in [1.29, 1.82) is 0 Å². The maximum absolute atomic E-state index is 13.2. The smallest absolute Gasteiger partial charge is 0.295 e. The van der Waals surface area contributed by atoms with E-state index < -0.39 is 29.6 Å². The Morgan fingerprint density at radius 2 is 1.88 bits per heavy atom. The zero-order valence-corrected chi connectivity index (χ0v) is 18.8. The van der Waals surface area contributed by atoms with Crippen LogP contribution in [0, 0.1) is 11.8 Å². The molecule has 3 aromatic rings. The Morgan fingerprint density at radius 3 is 2.50 bits per heavy atom. The minimum atomic E-state index is -1.16. The van der Waals surface area contributed by atoms with Gasteiger partial charge in [0.05, 0.1) is 13.2 Å². The molecule has 32 heavy (non-hydrogen) atoms. The second kappa shape index (κ2) is 8.59. The van der Waals surface area contributed by atoms with Gasteiger partial charge in [0.15, 0.2) is 0 Å². The molecule has 1 fully saturated rings. The first-order valence-corrected chi connectivity index (χ1v) is 11.2. The lowest BCUT2D eigenvalue weighted by molar-refractivity contribution is -0.139. The number of carbonyl (C=O) groups is 3. The van der Waals surface area contributed by atoms with E-state index in [1.165, 1.54) is 29.4 Å². The summed E-state index contributed by atoms with van der Waals surface area (Å²) in [6, 6.07) is 12.9. The van der Waals surface area contributed by atoms with Gasteiger partial charge in [0, 0.05) is 28.8 Å². The minimum absolute atomic E-state index is 0.0152. The van der Waals surface area contributed by atoms with Crippen LogP contribution < -0.4 is 9.64 Å². The molecule has 1 aliphatic rings. The van der Waals surface area contributed by atoms with Crippen molar-refractivity contribution in [1.82, 2.24) is 0 Å². The van der Waals surface area contributed by atoms with Crippen molar-refractivity contribution < 1.29 is 24.2 Å². The fourth-order valence-electron chi connectivity index (χ4n) is 4.15. The van der Waals surface area contributed by atoms with Gasteiger partial charge in [0.1, 0.15) is 23.2 Å². The van der Waals surface area contributed by atoms with Crippen molar-refractivity contribution in [2.45, 2.75) is 19.9 Å². The summed E-state index contributed by atoms with van der Waals surface area (Å²) in [6.45, 7) is 3.42. The first-order valence-electron chi connectivity index (χ1n) is 10.2. The number of rotatable bonds is 6. The van der Waals surface area contributed by atoms with Crippen LogP contribution >= 0.6 is 11.3 Å². The van der Waals surface area contributed by atoms with E-state index in [2.05, 4.69) is 0 Å². The standard InChI is InChI=1S/C25H23NO5S/c1-14(2)23(28)21-22(18-6-4-5-7-20(18)31-3)26(25(30)24(21)29)16-8-9-17(19(27)12-16)15-10-11-32-13-15/h4-14,21-22,27H,1-3H3. The highest BCUT2D eigenvalue weighted by Crippen LogP contribution is 2.45. The summed E-state index contributed by atoms with van der Waals surface area (Å²) in [6.07, 6.45) is 0. The van der Waals surface area contributed by atoms with Gasteiger partial charge >= 0.3 is 0 Å². The molecule has 4 rings (SSSR count). The molecule has 0 aliphatic carbocycles. The van der Waals surface area contributed by atoms with Crippen molar-refractivity contribution in [3.8, 4) is 22.6 Å². The van der Waals surface area contributed by atoms with Gasteiger partial charge in [-0.3, -0.25) is 19.3 Å². The van der Waals surface area contributed by atoms with Gasteiger partial charge in [-0.05, 0) is 40.6 Å². The Labute approximate surface area is 190 Å². The largest absolute Gasteiger partial charge is 0.507 e. The highest BCUT2D eigenvalue weighted by molar-refractivity contribution is 7.08. The predicted octanol–water partition coefficient (Wildman–Crippen LogP) is 4.63. The first kappa shape index (κ1) is 21.8. The number of ether oxygens (including phenoxy) is 1. The number of methoxy groups -OCH3 is 1. The van der Waals surface area contributed by atoms with Gasteiger partial charge in [0.25, 0.3) is 5.91 Å². The van der Waals surface area contributed by atoms with Crippen molar-refractivity contribution in [2.75, 3.05) is 12.0 Å². The number of hydrogen-bond acceptors (Lipinski definition) is 6. The molecule has 1 saturated heterocycles. The van der Waals surface area contributed by atoms with Gasteiger partial charge in [-0.15, -0.1) is 0 Å². The average Bonchev–Trinajstić information content (AvgIpc) is 3.40. The summed E-state index contributed by atoms with van der Waals surface area (Å²) in [4.78, 5) is 40.6. The molecule has 0 spiro atoms. The third-order valence-electron chi connectivity index (χ3n) is 5.73. The number of nitrogens with zero attached hydrogens (tertiary/aromatic N) is 1. The Kier molecular flexibility index (Phi) is 5.84. The Hall–Kier alpha value is -3.45. The summed E-state index contributed by atoms with van der Waals surface area (Å²) in [7, 11) is 1.50. The van der Waals surface area contributed by atoms with E-state index in [1.807, 2.05) is 16.8 Å². The van der Waals surface area contributed by atoms with Gasteiger partial charge in [-0.2, -0.15) is 11.3 Å². The van der Waals surface area contributed by atoms with Crippen LogP contribution in [0.4, 0.5) is 5.69 Å². The van der Waals surface area contributed by atoms with Crippen LogP contribution in [0.2, 0.25) is 0 Å². The molecule has 2 heterocycles. The normalized spacial score (nSPS) is 18.4. The van der Waals surface area contributed by atoms with Crippen LogP contribution in [0.1, 0.15) is 25.5 Å². The van der Waals surface area contributed by atoms with E-state index in [4.69, 9.17) is 4.74 Å². The van der Waals surface area contributed by atoms with E-state index in [0.717, 1.165) is 5.56 Å². The molecular formula is C25H23NO5S. The lowest BCUT2D eigenvalue weighted by Crippen LogP contribution is -2.32. The van der Waals surface area contributed by atoms with Gasteiger partial charge < -0.3 is 9.84 Å². The Morgan fingerprint density at radius 1 is 1.12 bits per heavy atom. The number of aromatic hydroxyl groups is 1. The molecule has 6 nitrogen and oxygen atoms in total. The fourth-order valence-corrected chi connectivity index (χ4v) is 4.81. The molecule has 7 heteroatoms. The van der Waals surface area contributed by atoms with E-state index in [0.29, 0.717) is 22.6 Å². The van der Waals surface area contributed by atoms with Gasteiger partial charge in [-0.1, -0.05) is 32.0 Å². The lowest BCUT2D eigenvalue weighted by Gasteiger charge is -2.29. The number of para-hydroxylation sites is 1. The van der Waals surface area contributed by atoms with Crippen LogP contribution in [0.15, 0.2) is 59.3 Å². The molecule has 1 aliphatic heterocycles. The summed E-state index contributed by atoms with van der Waals surface area (Å²) in [5.41, 5.74) is 2.39. The van der Waals surface area contributed by atoms with Gasteiger partial charge in [0.2, 0.25) is 5.78 Å². The first-order chi connectivity index (χ1) is 15.3. The molecule has 2 atom stereocenters. The molecule has 1 amide bonds. The molecular weight excluding hydrogens is 426 g/mol. The van der Waals surface area contributed by atoms with Crippen LogP contribution in [-0.4, -0.2) is 29.7 Å². The maximum atomic E-state index is 13.2. The van der Waals surface area contributed by atoms with E-state index in [9.17, 15) is 19.5 Å². The summed E-state index contributed by atoms with van der Waals surface area (Å²) >= 11 is 1.51. The predicted molar refractivity (Wildman–Crippen MR) is 123 cm³/mol. The highest BCUT2D eigenvalue weighted by Gasteiger charge is 2.53. The summed E-state index contributed by atoms with van der Waals surface area (Å²) < 4.78 is 5.48. The molecule has 2 aromatic carbocycles. The van der Waals surface area contributed by atoms with Crippen molar-refractivity contribution in [3.05, 3.63) is 64.9 Å². The highest BCUT2D eigenvalue weighted by atomic mass is 32.1. The van der Waals surface area contributed by atoms with Crippen LogP contribution in [0.3, 0.4) is 0 Å². The van der Waals surface area contributed by atoms with Crippen molar-refractivity contribution >= 4 is 34.5 Å².